The third kappa shape index (κ3) is 5.78. The van der Waals surface area contributed by atoms with E-state index in [0.717, 1.165) is 22.5 Å². The first-order valence-corrected chi connectivity index (χ1v) is 11.8. The van der Waals surface area contributed by atoms with Gasteiger partial charge in [-0.25, -0.2) is 4.79 Å². The van der Waals surface area contributed by atoms with E-state index < -0.39 is 11.7 Å². The summed E-state index contributed by atoms with van der Waals surface area (Å²) in [6.45, 7) is 10.6. The maximum absolute atomic E-state index is 13.5. The van der Waals surface area contributed by atoms with E-state index in [4.69, 9.17) is 11.2 Å². The van der Waals surface area contributed by atoms with Crippen LogP contribution in [0.3, 0.4) is 0 Å². The number of terminal acetylenes is 1. The van der Waals surface area contributed by atoms with E-state index in [1.54, 1.807) is 4.90 Å². The van der Waals surface area contributed by atoms with E-state index in [-0.39, 0.29) is 18.0 Å². The van der Waals surface area contributed by atoms with Gasteiger partial charge in [0.05, 0.1) is 12.6 Å². The van der Waals surface area contributed by atoms with Crippen LogP contribution in [0.1, 0.15) is 64.6 Å². The van der Waals surface area contributed by atoms with Gasteiger partial charge >= 0.3 is 6.09 Å². The Morgan fingerprint density at radius 3 is 2.47 bits per heavy atom. The molecule has 0 radical (unpaired) electrons. The molecule has 2 atom stereocenters. The highest BCUT2D eigenvalue weighted by atomic mass is 16.6. The lowest BCUT2D eigenvalue weighted by Crippen LogP contribution is -2.48. The SMILES string of the molecule is C#CCNCc1ccc(N(C(=O)OC(C)(C)C)[C@@H]2C[C@H](C)N(C(=O)CC)c3ccccc32)cc1. The van der Waals surface area contributed by atoms with Crippen molar-refractivity contribution in [2.45, 2.75) is 71.7 Å². The van der Waals surface area contributed by atoms with Crippen molar-refractivity contribution >= 4 is 23.4 Å². The Hall–Kier alpha value is -3.30. The smallest absolute Gasteiger partial charge is 0.415 e. The van der Waals surface area contributed by atoms with Gasteiger partial charge in [-0.15, -0.1) is 6.42 Å². The molecule has 0 saturated heterocycles. The van der Waals surface area contributed by atoms with Crippen molar-refractivity contribution in [1.29, 1.82) is 0 Å². The third-order valence-electron chi connectivity index (χ3n) is 5.80. The Kier molecular flexibility index (Phi) is 8.01. The molecule has 0 aromatic heterocycles. The molecule has 0 aliphatic carbocycles. The number of carbonyl (C=O) groups excluding carboxylic acids is 2. The van der Waals surface area contributed by atoms with Gasteiger partial charge in [-0.2, -0.15) is 0 Å². The molecule has 180 valence electrons. The Bertz CT molecular complexity index is 1050. The number of benzene rings is 2. The second kappa shape index (κ2) is 10.8. The van der Waals surface area contributed by atoms with Crippen molar-refractivity contribution in [3.05, 3.63) is 59.7 Å². The van der Waals surface area contributed by atoms with E-state index in [1.165, 1.54) is 0 Å². The van der Waals surface area contributed by atoms with Crippen LogP contribution in [0.4, 0.5) is 16.2 Å². The number of amides is 2. The fourth-order valence-corrected chi connectivity index (χ4v) is 4.35. The lowest BCUT2D eigenvalue weighted by atomic mass is 9.90. The van der Waals surface area contributed by atoms with Gasteiger partial charge in [-0.05, 0) is 63.4 Å². The average molecular weight is 462 g/mol. The lowest BCUT2D eigenvalue weighted by molar-refractivity contribution is -0.118. The van der Waals surface area contributed by atoms with Gasteiger partial charge in [-0.1, -0.05) is 43.2 Å². The molecule has 0 bridgehead atoms. The highest BCUT2D eigenvalue weighted by Gasteiger charge is 2.39. The van der Waals surface area contributed by atoms with Crippen molar-refractivity contribution in [2.75, 3.05) is 16.3 Å². The lowest BCUT2D eigenvalue weighted by Gasteiger charge is -2.43. The highest BCUT2D eigenvalue weighted by molar-refractivity contribution is 5.96. The number of ether oxygens (including phenoxy) is 1. The minimum Gasteiger partial charge on any atom is -0.443 e. The Labute approximate surface area is 203 Å². The second-order valence-corrected chi connectivity index (χ2v) is 9.60. The van der Waals surface area contributed by atoms with Gasteiger partial charge in [0.2, 0.25) is 5.91 Å². The number of nitrogens with zero attached hydrogens (tertiary/aromatic N) is 2. The molecule has 0 saturated carbocycles. The number of carbonyl (C=O) groups is 2. The molecule has 1 N–H and O–H groups in total. The fraction of sp³-hybridized carbons (Fsp3) is 0.429. The number of rotatable bonds is 6. The molecule has 0 fully saturated rings. The van der Waals surface area contributed by atoms with Crippen LogP contribution in [0.2, 0.25) is 0 Å². The molecule has 0 spiro atoms. The van der Waals surface area contributed by atoms with E-state index in [1.807, 2.05) is 88.0 Å². The first-order valence-electron chi connectivity index (χ1n) is 11.8. The minimum absolute atomic E-state index is 0.0653. The standard InChI is InChI=1S/C28H35N3O3/c1-7-17-29-19-21-13-15-22(16-14-21)31(27(33)34-28(4,5)6)25-18-20(3)30(26(32)8-2)24-12-10-9-11-23(24)25/h1,9-16,20,25,29H,8,17-19H2,2-6H3/t20-,25+/m0/s1. The predicted molar refractivity (Wildman–Crippen MR) is 137 cm³/mol. The Balaban J connectivity index is 2.03. The summed E-state index contributed by atoms with van der Waals surface area (Å²) < 4.78 is 5.83. The van der Waals surface area contributed by atoms with E-state index in [2.05, 4.69) is 11.2 Å². The quantitative estimate of drug-likeness (QED) is 0.460. The van der Waals surface area contributed by atoms with Gasteiger partial charge in [-0.3, -0.25) is 9.69 Å². The monoisotopic (exact) mass is 461 g/mol. The van der Waals surface area contributed by atoms with E-state index in [9.17, 15) is 9.59 Å². The summed E-state index contributed by atoms with van der Waals surface area (Å²) in [6, 6.07) is 15.3. The molecular formula is C28H35N3O3. The average Bonchev–Trinajstić information content (AvgIpc) is 2.79. The molecule has 1 aliphatic rings. The number of para-hydroxylation sites is 1. The van der Waals surface area contributed by atoms with Crippen LogP contribution in [0, 0.1) is 12.3 Å². The summed E-state index contributed by atoms with van der Waals surface area (Å²) in [7, 11) is 0. The Morgan fingerprint density at radius 2 is 1.85 bits per heavy atom. The van der Waals surface area contributed by atoms with Gasteiger partial charge in [0.25, 0.3) is 0 Å². The summed E-state index contributed by atoms with van der Waals surface area (Å²) >= 11 is 0. The molecule has 1 heterocycles. The van der Waals surface area contributed by atoms with Crippen molar-refractivity contribution in [3.63, 3.8) is 0 Å². The molecule has 34 heavy (non-hydrogen) atoms. The molecule has 2 amide bonds. The first kappa shape index (κ1) is 25.3. The zero-order valence-electron chi connectivity index (χ0n) is 20.8. The van der Waals surface area contributed by atoms with Crippen LogP contribution in [0.5, 0.6) is 0 Å². The van der Waals surface area contributed by atoms with Gasteiger partial charge in [0.1, 0.15) is 5.60 Å². The maximum Gasteiger partial charge on any atom is 0.415 e. The zero-order valence-corrected chi connectivity index (χ0v) is 20.8. The van der Waals surface area contributed by atoms with Crippen molar-refractivity contribution < 1.29 is 14.3 Å². The van der Waals surface area contributed by atoms with Crippen molar-refractivity contribution in [2.24, 2.45) is 0 Å². The molecule has 2 aromatic rings. The van der Waals surface area contributed by atoms with Crippen molar-refractivity contribution in [3.8, 4) is 12.3 Å². The second-order valence-electron chi connectivity index (χ2n) is 9.60. The van der Waals surface area contributed by atoms with Crippen LogP contribution in [-0.2, 0) is 16.1 Å². The third-order valence-corrected chi connectivity index (χ3v) is 5.80. The number of anilines is 2. The predicted octanol–water partition coefficient (Wildman–Crippen LogP) is 5.43. The fourth-order valence-electron chi connectivity index (χ4n) is 4.35. The highest BCUT2D eigenvalue weighted by Crippen LogP contribution is 2.43. The van der Waals surface area contributed by atoms with Crippen LogP contribution in [0.25, 0.3) is 0 Å². The van der Waals surface area contributed by atoms with Gasteiger partial charge in [0.15, 0.2) is 0 Å². The van der Waals surface area contributed by atoms with Crippen LogP contribution >= 0.6 is 0 Å². The zero-order chi connectivity index (χ0) is 24.9. The minimum atomic E-state index is -0.640. The molecular weight excluding hydrogens is 426 g/mol. The summed E-state index contributed by atoms with van der Waals surface area (Å²) in [5, 5.41) is 3.18. The summed E-state index contributed by atoms with van der Waals surface area (Å²) in [4.78, 5) is 29.9. The topological polar surface area (TPSA) is 61.9 Å². The van der Waals surface area contributed by atoms with Crippen LogP contribution < -0.4 is 15.1 Å². The number of hydrogen-bond donors (Lipinski definition) is 1. The molecule has 6 heteroatoms. The Morgan fingerprint density at radius 1 is 1.18 bits per heavy atom. The number of nitrogens with one attached hydrogen (secondary N) is 1. The molecule has 1 aliphatic heterocycles. The first-order chi connectivity index (χ1) is 16.2. The number of fused-ring (bicyclic) bond motifs is 1. The molecule has 2 aromatic carbocycles. The summed E-state index contributed by atoms with van der Waals surface area (Å²) in [5.74, 6) is 2.64. The van der Waals surface area contributed by atoms with Gasteiger partial charge < -0.3 is 15.0 Å². The van der Waals surface area contributed by atoms with Crippen LogP contribution in [-0.4, -0.2) is 30.2 Å². The maximum atomic E-state index is 13.5. The normalized spacial score (nSPS) is 17.5. The van der Waals surface area contributed by atoms with Gasteiger partial charge in [0, 0.05) is 30.4 Å². The summed E-state index contributed by atoms with van der Waals surface area (Å²) in [6.07, 6.45) is 5.94. The number of hydrogen-bond acceptors (Lipinski definition) is 4. The van der Waals surface area contributed by atoms with E-state index >= 15 is 0 Å². The largest absolute Gasteiger partial charge is 0.443 e. The summed E-state index contributed by atoms with van der Waals surface area (Å²) in [5.41, 5.74) is 2.96. The van der Waals surface area contributed by atoms with E-state index in [0.29, 0.717) is 25.9 Å². The van der Waals surface area contributed by atoms with Crippen molar-refractivity contribution in [1.82, 2.24) is 5.32 Å². The molecule has 6 nitrogen and oxygen atoms in total. The van der Waals surface area contributed by atoms with Crippen LogP contribution in [0.15, 0.2) is 48.5 Å². The molecule has 3 rings (SSSR count). The molecule has 0 unspecified atom stereocenters.